The molecular formula is C16H19N3. The van der Waals surface area contributed by atoms with Gasteiger partial charge in [-0.2, -0.15) is 0 Å². The maximum absolute atomic E-state index is 4.52. The van der Waals surface area contributed by atoms with E-state index in [4.69, 9.17) is 0 Å². The van der Waals surface area contributed by atoms with Crippen molar-refractivity contribution in [1.82, 2.24) is 15.3 Å². The maximum Gasteiger partial charge on any atom is 0.115 e. The Kier molecular flexibility index (Phi) is 3.30. The fourth-order valence-electron chi connectivity index (χ4n) is 2.78. The topological polar surface area (TPSA) is 37.8 Å². The highest BCUT2D eigenvalue weighted by molar-refractivity contribution is 5.39. The second kappa shape index (κ2) is 5.10. The van der Waals surface area contributed by atoms with E-state index in [2.05, 4.69) is 47.3 Å². The molecule has 0 aliphatic carbocycles. The van der Waals surface area contributed by atoms with Crippen LogP contribution in [0.3, 0.4) is 0 Å². The molecule has 1 aromatic carbocycles. The SMILES string of the molecule is Cc1cccc(C)c1Cc1ncnc2c1CNCC2. The molecule has 3 nitrogen and oxygen atoms in total. The van der Waals surface area contributed by atoms with Gasteiger partial charge in [-0.05, 0) is 30.5 Å². The van der Waals surface area contributed by atoms with Crippen LogP contribution in [0.25, 0.3) is 0 Å². The molecule has 0 fully saturated rings. The molecule has 1 aromatic heterocycles. The van der Waals surface area contributed by atoms with E-state index in [0.717, 1.165) is 25.9 Å². The Balaban J connectivity index is 2.00. The first-order valence-corrected chi connectivity index (χ1v) is 6.83. The van der Waals surface area contributed by atoms with Crippen LogP contribution in [0.1, 0.15) is 33.6 Å². The molecule has 0 spiro atoms. The van der Waals surface area contributed by atoms with Gasteiger partial charge >= 0.3 is 0 Å². The number of fused-ring (bicyclic) bond motifs is 1. The Morgan fingerprint density at radius 3 is 2.74 bits per heavy atom. The lowest BCUT2D eigenvalue weighted by atomic mass is 9.95. The number of hydrogen-bond donors (Lipinski definition) is 1. The number of benzene rings is 1. The van der Waals surface area contributed by atoms with Gasteiger partial charge in [0.15, 0.2) is 0 Å². The van der Waals surface area contributed by atoms with Crippen molar-refractivity contribution in [3.63, 3.8) is 0 Å². The summed E-state index contributed by atoms with van der Waals surface area (Å²) in [6.45, 7) is 6.27. The Bertz CT molecular complexity index is 585. The summed E-state index contributed by atoms with van der Waals surface area (Å²) in [4.78, 5) is 8.93. The lowest BCUT2D eigenvalue weighted by molar-refractivity contribution is 0.618. The summed E-state index contributed by atoms with van der Waals surface area (Å²) < 4.78 is 0. The van der Waals surface area contributed by atoms with E-state index >= 15 is 0 Å². The zero-order valence-electron chi connectivity index (χ0n) is 11.5. The maximum atomic E-state index is 4.52. The van der Waals surface area contributed by atoms with Crippen molar-refractivity contribution in [2.45, 2.75) is 33.2 Å². The predicted molar refractivity (Wildman–Crippen MR) is 76.2 cm³/mol. The number of nitrogens with zero attached hydrogens (tertiary/aromatic N) is 2. The summed E-state index contributed by atoms with van der Waals surface area (Å²) in [5.74, 6) is 0. The number of nitrogens with one attached hydrogen (secondary N) is 1. The van der Waals surface area contributed by atoms with Gasteiger partial charge < -0.3 is 5.32 Å². The van der Waals surface area contributed by atoms with Crippen molar-refractivity contribution in [3.05, 3.63) is 58.2 Å². The van der Waals surface area contributed by atoms with Crippen LogP contribution < -0.4 is 5.32 Å². The minimum absolute atomic E-state index is 0.899. The Morgan fingerprint density at radius 1 is 1.16 bits per heavy atom. The van der Waals surface area contributed by atoms with Gasteiger partial charge in [-0.1, -0.05) is 18.2 Å². The summed E-state index contributed by atoms with van der Waals surface area (Å²) >= 11 is 0. The average molecular weight is 253 g/mol. The van der Waals surface area contributed by atoms with Crippen LogP contribution in [-0.4, -0.2) is 16.5 Å². The molecule has 2 heterocycles. The van der Waals surface area contributed by atoms with Gasteiger partial charge in [-0.3, -0.25) is 0 Å². The summed E-state index contributed by atoms with van der Waals surface area (Å²) in [6, 6.07) is 6.47. The van der Waals surface area contributed by atoms with Crippen molar-refractivity contribution in [1.29, 1.82) is 0 Å². The third-order valence-electron chi connectivity index (χ3n) is 3.95. The fraction of sp³-hybridized carbons (Fsp3) is 0.375. The second-order valence-corrected chi connectivity index (χ2v) is 5.22. The molecule has 1 aliphatic heterocycles. The first-order valence-electron chi connectivity index (χ1n) is 6.83. The van der Waals surface area contributed by atoms with E-state index in [1.807, 2.05) is 0 Å². The molecule has 1 aliphatic rings. The summed E-state index contributed by atoms with van der Waals surface area (Å²) in [5.41, 5.74) is 7.78. The lowest BCUT2D eigenvalue weighted by Gasteiger charge is -2.19. The molecular weight excluding hydrogens is 234 g/mol. The summed E-state index contributed by atoms with van der Waals surface area (Å²) in [5, 5.41) is 3.42. The van der Waals surface area contributed by atoms with Gasteiger partial charge in [0, 0.05) is 37.2 Å². The van der Waals surface area contributed by atoms with Crippen molar-refractivity contribution in [2.24, 2.45) is 0 Å². The van der Waals surface area contributed by atoms with Gasteiger partial charge in [0.25, 0.3) is 0 Å². The van der Waals surface area contributed by atoms with Gasteiger partial charge in [0.2, 0.25) is 0 Å². The Labute approximate surface area is 114 Å². The van der Waals surface area contributed by atoms with Crippen LogP contribution in [-0.2, 0) is 19.4 Å². The number of rotatable bonds is 2. The molecule has 98 valence electrons. The Hall–Kier alpha value is -1.74. The quantitative estimate of drug-likeness (QED) is 0.892. The monoisotopic (exact) mass is 253 g/mol. The van der Waals surface area contributed by atoms with Crippen molar-refractivity contribution < 1.29 is 0 Å². The van der Waals surface area contributed by atoms with Gasteiger partial charge in [0.05, 0.1) is 5.69 Å². The van der Waals surface area contributed by atoms with E-state index in [-0.39, 0.29) is 0 Å². The van der Waals surface area contributed by atoms with Crippen LogP contribution in [0.4, 0.5) is 0 Å². The Morgan fingerprint density at radius 2 is 1.95 bits per heavy atom. The molecule has 0 unspecified atom stereocenters. The summed E-state index contributed by atoms with van der Waals surface area (Å²) in [6.07, 6.45) is 3.63. The third-order valence-corrected chi connectivity index (χ3v) is 3.95. The molecule has 0 bridgehead atoms. The molecule has 3 heteroatoms. The smallest absolute Gasteiger partial charge is 0.115 e. The van der Waals surface area contributed by atoms with Crippen molar-refractivity contribution in [2.75, 3.05) is 6.54 Å². The van der Waals surface area contributed by atoms with Crippen LogP contribution in [0.5, 0.6) is 0 Å². The van der Waals surface area contributed by atoms with E-state index in [9.17, 15) is 0 Å². The van der Waals surface area contributed by atoms with Crippen LogP contribution in [0.15, 0.2) is 24.5 Å². The first-order chi connectivity index (χ1) is 9.25. The first kappa shape index (κ1) is 12.3. The van der Waals surface area contributed by atoms with E-state index in [1.165, 1.54) is 33.6 Å². The molecule has 0 saturated carbocycles. The van der Waals surface area contributed by atoms with E-state index in [0.29, 0.717) is 0 Å². The summed E-state index contributed by atoms with van der Waals surface area (Å²) in [7, 11) is 0. The normalized spacial score (nSPS) is 14.2. The minimum atomic E-state index is 0.899. The van der Waals surface area contributed by atoms with Gasteiger partial charge in [0.1, 0.15) is 6.33 Å². The molecule has 3 rings (SSSR count). The minimum Gasteiger partial charge on any atom is -0.312 e. The zero-order valence-corrected chi connectivity index (χ0v) is 11.5. The lowest BCUT2D eigenvalue weighted by Crippen LogP contribution is -2.26. The largest absolute Gasteiger partial charge is 0.312 e. The highest BCUT2D eigenvalue weighted by atomic mass is 14.9. The van der Waals surface area contributed by atoms with E-state index < -0.39 is 0 Å². The zero-order chi connectivity index (χ0) is 13.2. The molecule has 0 saturated heterocycles. The average Bonchev–Trinajstić information content (AvgIpc) is 2.43. The van der Waals surface area contributed by atoms with E-state index in [1.54, 1.807) is 6.33 Å². The van der Waals surface area contributed by atoms with Crippen LogP contribution in [0, 0.1) is 13.8 Å². The fourth-order valence-corrected chi connectivity index (χ4v) is 2.78. The standard InChI is InChI=1S/C16H19N3/c1-11-4-3-5-12(2)13(11)8-16-14-9-17-7-6-15(14)18-10-19-16/h3-5,10,17H,6-9H2,1-2H3. The second-order valence-electron chi connectivity index (χ2n) is 5.22. The third kappa shape index (κ3) is 2.38. The van der Waals surface area contributed by atoms with Crippen LogP contribution >= 0.6 is 0 Å². The van der Waals surface area contributed by atoms with Crippen molar-refractivity contribution in [3.8, 4) is 0 Å². The van der Waals surface area contributed by atoms with Crippen molar-refractivity contribution >= 4 is 0 Å². The van der Waals surface area contributed by atoms with Gasteiger partial charge in [-0.25, -0.2) is 9.97 Å². The molecule has 0 amide bonds. The molecule has 0 atom stereocenters. The number of aromatic nitrogens is 2. The highest BCUT2D eigenvalue weighted by Gasteiger charge is 2.16. The number of aryl methyl sites for hydroxylation is 2. The predicted octanol–water partition coefficient (Wildman–Crippen LogP) is 2.33. The van der Waals surface area contributed by atoms with Crippen LogP contribution in [0.2, 0.25) is 0 Å². The molecule has 19 heavy (non-hydrogen) atoms. The molecule has 0 radical (unpaired) electrons. The van der Waals surface area contributed by atoms with Gasteiger partial charge in [-0.15, -0.1) is 0 Å². The molecule has 2 aromatic rings. The molecule has 1 N–H and O–H groups in total. The highest BCUT2D eigenvalue weighted by Crippen LogP contribution is 2.21. The number of hydrogen-bond acceptors (Lipinski definition) is 3.